The molecule has 0 aliphatic heterocycles. The van der Waals surface area contributed by atoms with E-state index < -0.39 is 0 Å². The van der Waals surface area contributed by atoms with Crippen molar-refractivity contribution in [3.8, 4) is 0 Å². The third kappa shape index (κ3) is 12.2. The Morgan fingerprint density at radius 1 is 0.727 bits per heavy atom. The van der Waals surface area contributed by atoms with Crippen molar-refractivity contribution in [3.63, 3.8) is 0 Å². The van der Waals surface area contributed by atoms with Gasteiger partial charge in [-0.15, -0.1) is 0 Å². The second-order valence-electron chi connectivity index (χ2n) is 3.47. The summed E-state index contributed by atoms with van der Waals surface area (Å²) in [6.45, 7) is 2.58. The van der Waals surface area contributed by atoms with E-state index in [0.717, 1.165) is 68.4 Å². The average molecular weight is 317 g/mol. The van der Waals surface area contributed by atoms with Crippen molar-refractivity contribution in [2.45, 2.75) is 6.55 Å². The second-order valence-corrected chi connectivity index (χ2v) is 84.8. The van der Waals surface area contributed by atoms with Gasteiger partial charge in [-0.3, -0.25) is 0 Å². The van der Waals surface area contributed by atoms with Gasteiger partial charge in [-0.05, 0) is 78.2 Å². The summed E-state index contributed by atoms with van der Waals surface area (Å²) in [6, 6.07) is 0. The van der Waals surface area contributed by atoms with Crippen molar-refractivity contribution in [3.05, 3.63) is 0 Å². The highest BCUT2D eigenvalue weighted by Crippen LogP contribution is 1.57. The fourth-order valence-corrected chi connectivity index (χ4v) is 296. The van der Waals surface area contributed by atoms with Gasteiger partial charge in [-0.25, -0.2) is 0 Å². The zero-order chi connectivity index (χ0) is 8.36. The Balaban J connectivity index is 2.69. The second kappa shape index (κ2) is 12.2. The smallest absolute Gasteiger partial charge is 0.00140 e. The molecule has 0 spiro atoms. The predicted molar refractivity (Wildman–Crippen MR) is 92.7 cm³/mol. The molecule has 0 amide bonds. The standard InChI is InChI=1S/CH24Si10/c1-3-5-7-9-11-10-8-6-4-2/h3-11H2,1-2H3. The van der Waals surface area contributed by atoms with Crippen LogP contribution in [0.3, 0.4) is 0 Å². The van der Waals surface area contributed by atoms with Crippen molar-refractivity contribution in [1.82, 2.24) is 0 Å². The maximum absolute atomic E-state index is 2.58. The molecule has 11 heavy (non-hydrogen) atoms. The quantitative estimate of drug-likeness (QED) is 0.308. The minimum Gasteiger partial charge on any atom is -0.0773 e. The van der Waals surface area contributed by atoms with E-state index in [2.05, 4.69) is 6.55 Å². The molecule has 0 aliphatic carbocycles. The van der Waals surface area contributed by atoms with Crippen LogP contribution in [-0.4, -0.2) is 87.2 Å². The number of rotatable bonds is 8. The van der Waals surface area contributed by atoms with Gasteiger partial charge in [0.25, 0.3) is 0 Å². The van der Waals surface area contributed by atoms with E-state index in [1.807, 2.05) is 0 Å². The van der Waals surface area contributed by atoms with Crippen LogP contribution < -0.4 is 0 Å². The van der Waals surface area contributed by atoms with Crippen LogP contribution in [0.25, 0.3) is 0 Å². The molecule has 0 saturated carbocycles. The predicted octanol–water partition coefficient (Wildman–Crippen LogP) is -8.85. The minimum atomic E-state index is 0.676. The van der Waals surface area contributed by atoms with Crippen LogP contribution in [0.15, 0.2) is 0 Å². The van der Waals surface area contributed by atoms with Crippen LogP contribution in [0.2, 0.25) is 6.55 Å². The molecule has 0 aromatic rings. The topological polar surface area (TPSA) is 0 Å². The molecule has 0 rings (SSSR count). The maximum Gasteiger partial charge on any atom is 0.00140 e. The molecule has 0 heterocycles. The molecule has 0 N–H and O–H groups in total. The first-order valence-electron chi connectivity index (χ1n) is 5.41. The highest BCUT2D eigenvalue weighted by Gasteiger charge is 1.93. The molecular weight excluding hydrogens is 293 g/mol. The Morgan fingerprint density at radius 3 is 1.64 bits per heavy atom. The van der Waals surface area contributed by atoms with Crippen LogP contribution in [0.5, 0.6) is 0 Å². The van der Waals surface area contributed by atoms with Gasteiger partial charge < -0.3 is 0 Å². The Hall–Kier alpha value is 2.17. The third-order valence-electron chi connectivity index (χ3n) is 2.21. The summed E-state index contributed by atoms with van der Waals surface area (Å²) in [6.07, 6.45) is 0. The first-order valence-corrected chi connectivity index (χ1v) is 44.5. The van der Waals surface area contributed by atoms with Crippen LogP contribution in [0.1, 0.15) is 0 Å². The van der Waals surface area contributed by atoms with Gasteiger partial charge in [0.05, 0.1) is 0 Å². The van der Waals surface area contributed by atoms with Crippen LogP contribution in [0, 0.1) is 0 Å². The molecule has 0 aliphatic rings. The lowest BCUT2D eigenvalue weighted by Crippen LogP contribution is -2.31. The first-order chi connectivity index (χ1) is 5.41. The molecule has 68 valence electrons. The van der Waals surface area contributed by atoms with E-state index in [4.69, 9.17) is 0 Å². The lowest BCUT2D eigenvalue weighted by molar-refractivity contribution is 2.37. The lowest BCUT2D eigenvalue weighted by atomic mass is 11.9. The van der Waals surface area contributed by atoms with Gasteiger partial charge in [0.1, 0.15) is 0 Å². The Bertz CT molecular complexity index is 53.9. The third-order valence-corrected chi connectivity index (χ3v) is 160. The van der Waals surface area contributed by atoms with Crippen molar-refractivity contribution < 1.29 is 0 Å². The van der Waals surface area contributed by atoms with E-state index in [-0.39, 0.29) is 0 Å². The van der Waals surface area contributed by atoms with Gasteiger partial charge >= 0.3 is 0 Å². The zero-order valence-electron chi connectivity index (χ0n) is 8.36. The van der Waals surface area contributed by atoms with Crippen LogP contribution >= 0.6 is 0 Å². The van der Waals surface area contributed by atoms with E-state index >= 15 is 0 Å². The van der Waals surface area contributed by atoms with Gasteiger partial charge in [0.15, 0.2) is 0 Å². The maximum atomic E-state index is 2.58. The summed E-state index contributed by atoms with van der Waals surface area (Å²) in [5.41, 5.74) is 0. The minimum absolute atomic E-state index is 0.676. The van der Waals surface area contributed by atoms with Gasteiger partial charge in [0.2, 0.25) is 0 Å². The van der Waals surface area contributed by atoms with Gasteiger partial charge in [-0.2, -0.15) is 0 Å². The van der Waals surface area contributed by atoms with Gasteiger partial charge in [0, 0.05) is 9.04 Å². The summed E-state index contributed by atoms with van der Waals surface area (Å²) in [5, 5.41) is 0. The average Bonchev–Trinajstić information content (AvgIpc) is 2.03. The van der Waals surface area contributed by atoms with E-state index in [1.165, 1.54) is 0 Å². The van der Waals surface area contributed by atoms with Crippen molar-refractivity contribution in [2.24, 2.45) is 0 Å². The molecule has 0 fully saturated rings. The van der Waals surface area contributed by atoms with E-state index in [9.17, 15) is 0 Å². The van der Waals surface area contributed by atoms with Crippen molar-refractivity contribution in [1.29, 1.82) is 0 Å². The Kier molecular flexibility index (Phi) is 14.6. The van der Waals surface area contributed by atoms with Crippen molar-refractivity contribution in [2.75, 3.05) is 0 Å². The summed E-state index contributed by atoms with van der Waals surface area (Å²) in [7, 11) is 9.36. The Morgan fingerprint density at radius 2 is 1.18 bits per heavy atom. The highest BCUT2D eigenvalue weighted by molar-refractivity contribution is 7.68. The summed E-state index contributed by atoms with van der Waals surface area (Å²) >= 11 is 0. The van der Waals surface area contributed by atoms with Crippen molar-refractivity contribution >= 4 is 87.2 Å². The lowest BCUT2D eigenvalue weighted by Gasteiger charge is -1.94. The number of hydrogen-bond donors (Lipinski definition) is 0. The fraction of sp³-hybridized carbons (Fsp3) is 1.00. The molecule has 0 saturated heterocycles. The SMILES string of the molecule is C[SiH2][SiH2][SiH2][SiH2][SiH2][SiH2][SiH2][SiH2][SiH2][SiH3]. The van der Waals surface area contributed by atoms with Crippen LogP contribution in [-0.2, 0) is 0 Å². The molecule has 0 atom stereocenters. The molecule has 0 aromatic carbocycles. The molecule has 0 nitrogen and oxygen atoms in total. The normalized spacial score (nSPS) is 20.5. The van der Waals surface area contributed by atoms with Gasteiger partial charge in [-0.1, -0.05) is 6.55 Å². The fourth-order valence-electron chi connectivity index (χ4n) is 1.38. The van der Waals surface area contributed by atoms with E-state index in [0.29, 0.717) is 9.04 Å². The van der Waals surface area contributed by atoms with Crippen LogP contribution in [0.4, 0.5) is 0 Å². The monoisotopic (exact) mass is 316 g/mol. The highest BCUT2D eigenvalue weighted by atomic mass is 30.0. The molecule has 0 unspecified atom stereocenters. The zero-order valence-corrected chi connectivity index (χ0v) is 23.1. The molecule has 10 heteroatoms. The number of hydrogen-bond acceptors (Lipinski definition) is 0. The summed E-state index contributed by atoms with van der Waals surface area (Å²) < 4.78 is 0. The summed E-state index contributed by atoms with van der Waals surface area (Å²) in [4.78, 5) is 0. The van der Waals surface area contributed by atoms with E-state index in [1.54, 1.807) is 9.76 Å². The summed E-state index contributed by atoms with van der Waals surface area (Å²) in [5.74, 6) is 0. The molecule has 0 radical (unpaired) electrons. The Labute approximate surface area is 93.2 Å². The first kappa shape index (κ1) is 13.2. The molecule has 0 aromatic heterocycles. The largest absolute Gasteiger partial charge is 0.0773 e. The molecular formula is CH24Si10. The molecule has 0 bridgehead atoms.